The van der Waals surface area contributed by atoms with Crippen molar-refractivity contribution in [2.24, 2.45) is 4.99 Å². The summed E-state index contributed by atoms with van der Waals surface area (Å²) in [5, 5.41) is 0. The van der Waals surface area contributed by atoms with Crippen molar-refractivity contribution in [2.45, 2.75) is 31.9 Å². The minimum atomic E-state index is -4.61. The van der Waals surface area contributed by atoms with Crippen LogP contribution in [0.5, 0.6) is 11.5 Å². The Labute approximate surface area is 205 Å². The van der Waals surface area contributed by atoms with E-state index in [0.717, 1.165) is 12.1 Å². The zero-order chi connectivity index (χ0) is 26.7. The molecule has 4 rings (SSSR count). The maximum atomic E-state index is 13.3. The molecule has 1 atom stereocenters. The molecule has 1 aliphatic rings. The summed E-state index contributed by atoms with van der Waals surface area (Å²) >= 11 is 0. The number of anilines is 1. The average molecular weight is 526 g/mol. The molecule has 5 nitrogen and oxygen atoms in total. The van der Waals surface area contributed by atoms with Gasteiger partial charge in [-0.3, -0.25) is 9.69 Å². The lowest BCUT2D eigenvalue weighted by Gasteiger charge is -2.25. The van der Waals surface area contributed by atoms with E-state index < -0.39 is 36.9 Å². The fraction of sp³-hybridized carbons (Fsp3) is 0.200. The molecule has 0 bridgehead atoms. The van der Waals surface area contributed by atoms with Gasteiger partial charge in [-0.15, -0.1) is 0 Å². The van der Waals surface area contributed by atoms with Gasteiger partial charge in [0.2, 0.25) is 0 Å². The highest BCUT2D eigenvalue weighted by Crippen LogP contribution is 2.39. The number of hydrogen-bond acceptors (Lipinski definition) is 4. The molecule has 3 aromatic carbocycles. The number of benzene rings is 3. The molecule has 12 heteroatoms. The van der Waals surface area contributed by atoms with Crippen LogP contribution in [0.15, 0.2) is 77.8 Å². The number of ether oxygens (including phenoxy) is 2. The second-order valence-electron chi connectivity index (χ2n) is 7.82. The van der Waals surface area contributed by atoms with E-state index in [2.05, 4.69) is 14.5 Å². The Kier molecular flexibility index (Phi) is 7.37. The van der Waals surface area contributed by atoms with E-state index in [9.17, 15) is 35.5 Å². The van der Waals surface area contributed by atoms with Crippen molar-refractivity contribution >= 4 is 23.0 Å². The monoisotopic (exact) mass is 526 g/mol. The molecule has 1 unspecified atom stereocenters. The maximum absolute atomic E-state index is 13.3. The van der Waals surface area contributed by atoms with Crippen LogP contribution >= 0.6 is 0 Å². The van der Waals surface area contributed by atoms with E-state index in [-0.39, 0.29) is 40.6 Å². The molecule has 1 fully saturated rings. The maximum Gasteiger partial charge on any atom is 0.416 e. The summed E-state index contributed by atoms with van der Waals surface area (Å²) in [5.74, 6) is -0.912. The zero-order valence-corrected chi connectivity index (χ0v) is 18.6. The predicted octanol–water partition coefficient (Wildman–Crippen LogP) is 7.16. The highest BCUT2D eigenvalue weighted by molar-refractivity contribution is 6.46. The van der Waals surface area contributed by atoms with Crippen LogP contribution in [0.3, 0.4) is 0 Å². The van der Waals surface area contributed by atoms with Gasteiger partial charge in [-0.05, 0) is 66.2 Å². The summed E-state index contributed by atoms with van der Waals surface area (Å²) in [6.07, 6.45) is -4.69. The van der Waals surface area contributed by atoms with Crippen LogP contribution in [0.1, 0.15) is 23.6 Å². The summed E-state index contributed by atoms with van der Waals surface area (Å²) in [5.41, 5.74) is -0.270. The Bertz CT molecular complexity index is 1280. The quantitative estimate of drug-likeness (QED) is 0.307. The number of carbonyl (C=O) groups is 1. The van der Waals surface area contributed by atoms with Gasteiger partial charge in [0.15, 0.2) is 0 Å². The smallest absolute Gasteiger partial charge is 0.416 e. The van der Waals surface area contributed by atoms with Gasteiger partial charge >= 0.3 is 19.4 Å². The molecule has 1 saturated heterocycles. The number of hydrogen-bond donors (Lipinski definition) is 0. The number of rotatable bonds is 7. The van der Waals surface area contributed by atoms with Crippen molar-refractivity contribution in [2.75, 3.05) is 4.90 Å². The molecular weight excluding hydrogens is 509 g/mol. The van der Waals surface area contributed by atoms with Gasteiger partial charge in [-0.1, -0.05) is 12.1 Å². The predicted molar refractivity (Wildman–Crippen MR) is 120 cm³/mol. The summed E-state index contributed by atoms with van der Waals surface area (Å²) < 4.78 is 98.4. The van der Waals surface area contributed by atoms with Gasteiger partial charge in [0.05, 0.1) is 17.3 Å². The highest BCUT2D eigenvalue weighted by atomic mass is 19.4. The molecule has 37 heavy (non-hydrogen) atoms. The van der Waals surface area contributed by atoms with Crippen molar-refractivity contribution in [1.82, 2.24) is 0 Å². The van der Waals surface area contributed by atoms with Gasteiger partial charge in [0.25, 0.3) is 5.91 Å². The topological polar surface area (TPSA) is 51.1 Å². The lowest BCUT2D eigenvalue weighted by atomic mass is 10.0. The van der Waals surface area contributed by atoms with E-state index >= 15 is 0 Å². The van der Waals surface area contributed by atoms with E-state index in [4.69, 9.17) is 0 Å². The second kappa shape index (κ2) is 10.5. The molecule has 1 amide bonds. The SMILES string of the molecule is O=C1C(=Nc2ccc(OC(F)F)cc2)CC(c2cccc(C(F)(F)F)c2)N1c1ccc(OC(F)F)cc1. The van der Waals surface area contributed by atoms with Gasteiger partial charge in [-0.25, -0.2) is 4.99 Å². The van der Waals surface area contributed by atoms with Crippen LogP contribution in [0, 0.1) is 0 Å². The molecule has 1 aliphatic heterocycles. The van der Waals surface area contributed by atoms with Crippen molar-refractivity contribution in [3.8, 4) is 11.5 Å². The Morgan fingerprint density at radius 2 is 1.41 bits per heavy atom. The number of halogens is 7. The normalized spacial score (nSPS) is 17.2. The van der Waals surface area contributed by atoms with Crippen LogP contribution in [0.2, 0.25) is 0 Å². The molecule has 3 aromatic rings. The standard InChI is InChI=1S/C25H17F7N2O3/c26-23(27)36-18-8-4-16(5-9-18)33-20-13-21(14-2-1-3-15(12-14)25(30,31)32)34(22(20)35)17-6-10-19(11-7-17)37-24(28)29/h1-12,21,23-24H,13H2. The lowest BCUT2D eigenvalue weighted by Crippen LogP contribution is -2.29. The van der Waals surface area contributed by atoms with Crippen molar-refractivity contribution in [3.05, 3.63) is 83.9 Å². The van der Waals surface area contributed by atoms with Crippen molar-refractivity contribution < 1.29 is 45.0 Å². The Morgan fingerprint density at radius 3 is 1.95 bits per heavy atom. The van der Waals surface area contributed by atoms with Crippen LogP contribution < -0.4 is 14.4 Å². The first-order valence-corrected chi connectivity index (χ1v) is 10.7. The van der Waals surface area contributed by atoms with E-state index in [1.807, 2.05) is 0 Å². The molecule has 194 valence electrons. The first kappa shape index (κ1) is 26.0. The molecule has 0 radical (unpaired) electrons. The van der Waals surface area contributed by atoms with Crippen LogP contribution in [0.25, 0.3) is 0 Å². The largest absolute Gasteiger partial charge is 0.435 e. The highest BCUT2D eigenvalue weighted by Gasteiger charge is 2.40. The number of amides is 1. The van der Waals surface area contributed by atoms with E-state index in [1.54, 1.807) is 0 Å². The number of alkyl halides is 7. The Morgan fingerprint density at radius 1 is 0.838 bits per heavy atom. The molecule has 0 spiro atoms. The molecule has 0 aromatic heterocycles. The van der Waals surface area contributed by atoms with Crippen LogP contribution in [-0.2, 0) is 11.0 Å². The van der Waals surface area contributed by atoms with Gasteiger partial charge in [0.1, 0.15) is 17.2 Å². The number of nitrogens with zero attached hydrogens (tertiary/aromatic N) is 2. The number of carbonyl (C=O) groups excluding carboxylic acids is 1. The third kappa shape index (κ3) is 6.19. The molecule has 0 saturated carbocycles. The van der Waals surface area contributed by atoms with Crippen molar-refractivity contribution in [3.63, 3.8) is 0 Å². The van der Waals surface area contributed by atoms with Crippen molar-refractivity contribution in [1.29, 1.82) is 0 Å². The average Bonchev–Trinajstić information content (AvgIpc) is 3.15. The van der Waals surface area contributed by atoms with Gasteiger partial charge in [0, 0.05) is 12.1 Å². The van der Waals surface area contributed by atoms with E-state index in [0.29, 0.717) is 0 Å². The Balaban J connectivity index is 1.71. The van der Waals surface area contributed by atoms with Gasteiger partial charge < -0.3 is 9.47 Å². The van der Waals surface area contributed by atoms with Crippen LogP contribution in [-0.4, -0.2) is 24.8 Å². The minimum absolute atomic E-state index is 0.00199. The summed E-state index contributed by atoms with van der Waals surface area (Å²) in [7, 11) is 0. The molecule has 0 aliphatic carbocycles. The third-order valence-corrected chi connectivity index (χ3v) is 5.43. The molecule has 0 N–H and O–H groups in total. The third-order valence-electron chi connectivity index (χ3n) is 5.43. The second-order valence-corrected chi connectivity index (χ2v) is 7.82. The summed E-state index contributed by atoms with van der Waals surface area (Å²) in [6, 6.07) is 13.8. The fourth-order valence-corrected chi connectivity index (χ4v) is 3.87. The van der Waals surface area contributed by atoms with Gasteiger partial charge in [-0.2, -0.15) is 30.7 Å². The summed E-state index contributed by atoms with van der Waals surface area (Å²) in [6.45, 7) is -6.08. The molecular formula is C25H17F7N2O3. The van der Waals surface area contributed by atoms with Crippen LogP contribution in [0.4, 0.5) is 42.1 Å². The Hall–Kier alpha value is -4.09. The molecule has 1 heterocycles. The minimum Gasteiger partial charge on any atom is -0.435 e. The summed E-state index contributed by atoms with van der Waals surface area (Å²) in [4.78, 5) is 18.8. The van der Waals surface area contributed by atoms with E-state index in [1.165, 1.54) is 65.6 Å². The lowest BCUT2D eigenvalue weighted by molar-refractivity contribution is -0.137. The first-order chi connectivity index (χ1) is 17.5. The zero-order valence-electron chi connectivity index (χ0n) is 18.6. The first-order valence-electron chi connectivity index (χ1n) is 10.7. The fourth-order valence-electron chi connectivity index (χ4n) is 3.87. The number of aliphatic imine (C=N–C) groups is 1.